The molecule has 61 heavy (non-hydrogen) atoms. The van der Waals surface area contributed by atoms with E-state index in [1.807, 2.05) is 0 Å². The van der Waals surface area contributed by atoms with Crippen molar-refractivity contribution in [3.05, 3.63) is 11.6 Å². The molecule has 0 aromatic carbocycles. The van der Waals surface area contributed by atoms with Gasteiger partial charge in [0.05, 0.1) is 24.9 Å². The van der Waals surface area contributed by atoms with E-state index in [4.69, 9.17) is 33.2 Å². The lowest BCUT2D eigenvalue weighted by Crippen LogP contribution is -2.67. The summed E-state index contributed by atoms with van der Waals surface area (Å²) in [6, 6.07) is 0. The van der Waals surface area contributed by atoms with Crippen LogP contribution < -0.4 is 0 Å². The van der Waals surface area contributed by atoms with E-state index in [-0.39, 0.29) is 35.6 Å². The van der Waals surface area contributed by atoms with E-state index in [9.17, 15) is 56.2 Å². The van der Waals surface area contributed by atoms with Crippen molar-refractivity contribution in [2.24, 2.45) is 46.3 Å². The van der Waals surface area contributed by atoms with Crippen molar-refractivity contribution in [3.63, 3.8) is 0 Å². The molecule has 26 atom stereocenters. The average Bonchev–Trinajstić information content (AvgIpc) is 3.73. The molecule has 4 aliphatic carbocycles. The van der Waals surface area contributed by atoms with Gasteiger partial charge in [-0.15, -0.1) is 0 Å². The summed E-state index contributed by atoms with van der Waals surface area (Å²) in [5.74, 6) is 2.83. The summed E-state index contributed by atoms with van der Waals surface area (Å²) < 4.78 is 41.8. The van der Waals surface area contributed by atoms with Gasteiger partial charge in [0.25, 0.3) is 0 Å². The molecule has 0 aromatic rings. The lowest BCUT2D eigenvalue weighted by molar-refractivity contribution is -0.405. The van der Waals surface area contributed by atoms with Crippen molar-refractivity contribution >= 4 is 0 Å². The summed E-state index contributed by atoms with van der Waals surface area (Å²) in [4.78, 5) is 0. The number of aliphatic hydroxyl groups is 11. The molecule has 3 saturated carbocycles. The van der Waals surface area contributed by atoms with Crippen LogP contribution in [-0.4, -0.2) is 180 Å². The van der Waals surface area contributed by atoms with Crippen LogP contribution in [0.3, 0.4) is 0 Å². The van der Waals surface area contributed by atoms with Crippen molar-refractivity contribution < 1.29 is 89.3 Å². The molecule has 0 radical (unpaired) electrons. The molecular weight excluding hydrogens is 804 g/mol. The molecule has 4 heterocycles. The Bertz CT molecular complexity index is 1540. The van der Waals surface area contributed by atoms with Gasteiger partial charge in [-0.2, -0.15) is 0 Å². The first-order valence-corrected chi connectivity index (χ1v) is 22.5. The third-order valence-corrected chi connectivity index (χ3v) is 16.7. The van der Waals surface area contributed by atoms with Gasteiger partial charge in [0.15, 0.2) is 31.5 Å². The molecule has 8 aliphatic rings. The van der Waals surface area contributed by atoms with Gasteiger partial charge in [-0.25, -0.2) is 0 Å². The smallest absolute Gasteiger partial charge is 0.189 e. The predicted molar refractivity (Wildman–Crippen MR) is 208 cm³/mol. The topological polar surface area (TPSA) is 287 Å². The van der Waals surface area contributed by atoms with E-state index in [0.717, 1.165) is 44.9 Å². The molecule has 0 aromatic heterocycles. The Morgan fingerprint density at radius 3 is 1.97 bits per heavy atom. The predicted octanol–water partition coefficient (Wildman–Crippen LogP) is -1.26. The maximum Gasteiger partial charge on any atom is 0.189 e. The average molecular weight is 875 g/mol. The van der Waals surface area contributed by atoms with Crippen LogP contribution in [0, 0.1) is 46.3 Å². The Kier molecular flexibility index (Phi) is 13.7. The molecule has 8 rings (SSSR count). The van der Waals surface area contributed by atoms with E-state index >= 15 is 0 Å². The van der Waals surface area contributed by atoms with Crippen LogP contribution in [0.25, 0.3) is 0 Å². The first kappa shape index (κ1) is 46.5. The number of ether oxygens (including phenoxy) is 7. The molecule has 350 valence electrons. The molecule has 0 amide bonds. The zero-order valence-corrected chi connectivity index (χ0v) is 35.5. The van der Waals surface area contributed by atoms with Gasteiger partial charge in [0.2, 0.25) is 0 Å². The Morgan fingerprint density at radius 2 is 1.34 bits per heavy atom. The number of allylic oxidation sites excluding steroid dienone is 1. The number of rotatable bonds is 11. The normalized spacial score (nSPS) is 55.2. The quantitative estimate of drug-likeness (QED) is 0.108. The van der Waals surface area contributed by atoms with Crippen LogP contribution in [-0.2, 0) is 33.2 Å². The third kappa shape index (κ3) is 8.20. The van der Waals surface area contributed by atoms with Crippen LogP contribution in [0.1, 0.15) is 85.5 Å². The molecular formula is C43H70O18. The minimum atomic E-state index is -1.97. The molecule has 7 fully saturated rings. The van der Waals surface area contributed by atoms with Crippen LogP contribution in [0.5, 0.6) is 0 Å². The zero-order chi connectivity index (χ0) is 43.9. The van der Waals surface area contributed by atoms with Crippen molar-refractivity contribution in [1.82, 2.24) is 0 Å². The minimum absolute atomic E-state index is 0.0661. The van der Waals surface area contributed by atoms with Crippen molar-refractivity contribution in [2.75, 3.05) is 13.2 Å². The monoisotopic (exact) mass is 874 g/mol. The lowest BCUT2D eigenvalue weighted by Gasteiger charge is -2.58. The van der Waals surface area contributed by atoms with Gasteiger partial charge in [0, 0.05) is 6.61 Å². The van der Waals surface area contributed by atoms with Gasteiger partial charge >= 0.3 is 0 Å². The largest absolute Gasteiger partial charge is 0.396 e. The van der Waals surface area contributed by atoms with Gasteiger partial charge in [-0.1, -0.05) is 39.3 Å². The molecule has 4 aliphatic heterocycles. The summed E-state index contributed by atoms with van der Waals surface area (Å²) in [6.07, 6.45) is -16.1. The second-order valence-electron chi connectivity index (χ2n) is 20.2. The highest BCUT2D eigenvalue weighted by Gasteiger charge is 2.65. The summed E-state index contributed by atoms with van der Waals surface area (Å²) in [5, 5.41) is 114. The maximum atomic E-state index is 11.9. The fourth-order valence-electron chi connectivity index (χ4n) is 13.1. The Balaban J connectivity index is 0.978. The van der Waals surface area contributed by atoms with Gasteiger partial charge in [-0.05, 0) is 104 Å². The molecule has 0 bridgehead atoms. The number of fused-ring (bicyclic) bond motifs is 7. The molecule has 4 saturated heterocycles. The molecule has 18 heteroatoms. The van der Waals surface area contributed by atoms with E-state index in [1.54, 1.807) is 0 Å². The Hall–Kier alpha value is -0.980. The Morgan fingerprint density at radius 1 is 0.705 bits per heavy atom. The SMILES string of the molecule is CC(CO)CCC1OC2CC3C4CC=C5CC(OC6OC(CO)C(OC7OC(O)C(O)C(O)C7O)C(O)C6OC6OC(O)C(O)C(O)C6O)CCC5(C)C4CCC3(C)C2C1C. The van der Waals surface area contributed by atoms with E-state index < -0.39 is 105 Å². The van der Waals surface area contributed by atoms with E-state index in [1.165, 1.54) is 5.57 Å². The highest BCUT2D eigenvalue weighted by atomic mass is 16.8. The standard InChI is InChI=1S/C43H70O18/c1-17(15-44)5-8-24-18(2)27-25(56-24)14-23-21-7-6-19-13-20(9-11-42(19,3)22(21)10-12-43(23,27)4)55-41-36(59-40-33(51)29(47)31(49)38(54)61-40)34(52)35(26(16-45)57-41)58-39-32(50)28(46)30(48)37(53)60-39/h6,17-18,20-41,44-54H,5,7-16H2,1-4H3. The van der Waals surface area contributed by atoms with Gasteiger partial charge < -0.3 is 89.3 Å². The number of hydrogen-bond acceptors (Lipinski definition) is 18. The van der Waals surface area contributed by atoms with Crippen LogP contribution in [0.2, 0.25) is 0 Å². The first-order chi connectivity index (χ1) is 28.9. The van der Waals surface area contributed by atoms with Crippen LogP contribution >= 0.6 is 0 Å². The number of hydrogen-bond donors (Lipinski definition) is 11. The van der Waals surface area contributed by atoms with Gasteiger partial charge in [-0.3, -0.25) is 0 Å². The van der Waals surface area contributed by atoms with Crippen molar-refractivity contribution in [3.8, 4) is 0 Å². The fourth-order valence-corrected chi connectivity index (χ4v) is 13.1. The summed E-state index contributed by atoms with van der Waals surface area (Å²) in [7, 11) is 0. The highest BCUT2D eigenvalue weighted by molar-refractivity contribution is 5.26. The summed E-state index contributed by atoms with van der Waals surface area (Å²) in [6.45, 7) is 8.80. The Labute approximate surface area is 356 Å². The van der Waals surface area contributed by atoms with E-state index in [2.05, 4.69) is 33.8 Å². The van der Waals surface area contributed by atoms with Crippen molar-refractivity contribution in [2.45, 2.75) is 196 Å². The first-order valence-electron chi connectivity index (χ1n) is 22.5. The molecule has 0 spiro atoms. The second-order valence-corrected chi connectivity index (χ2v) is 20.2. The van der Waals surface area contributed by atoms with Gasteiger partial charge in [0.1, 0.15) is 61.0 Å². The van der Waals surface area contributed by atoms with Crippen LogP contribution in [0.15, 0.2) is 11.6 Å². The summed E-state index contributed by atoms with van der Waals surface area (Å²) in [5.41, 5.74) is 1.42. The lowest BCUT2D eigenvalue weighted by atomic mass is 9.47. The second kappa shape index (κ2) is 18.0. The molecule has 18 nitrogen and oxygen atoms in total. The van der Waals surface area contributed by atoms with Crippen LogP contribution in [0.4, 0.5) is 0 Å². The minimum Gasteiger partial charge on any atom is -0.396 e. The van der Waals surface area contributed by atoms with Crippen molar-refractivity contribution in [1.29, 1.82) is 0 Å². The highest BCUT2D eigenvalue weighted by Crippen LogP contribution is 2.69. The fraction of sp³-hybridized carbons (Fsp3) is 0.953. The molecule has 11 N–H and O–H groups in total. The summed E-state index contributed by atoms with van der Waals surface area (Å²) >= 11 is 0. The third-order valence-electron chi connectivity index (χ3n) is 16.7. The zero-order valence-electron chi connectivity index (χ0n) is 35.5. The molecule has 26 unspecified atom stereocenters. The number of aliphatic hydroxyl groups excluding tert-OH is 11. The van der Waals surface area contributed by atoms with E-state index in [0.29, 0.717) is 42.4 Å². The maximum absolute atomic E-state index is 11.9.